The fourth-order valence-corrected chi connectivity index (χ4v) is 4.62. The average Bonchev–Trinajstić information content (AvgIpc) is 3.00. The molecule has 0 saturated carbocycles. The maximum atomic E-state index is 12.9. The maximum absolute atomic E-state index is 12.9. The zero-order chi connectivity index (χ0) is 16.6. The number of thioether (sulfide) groups is 1. The number of hydrogen-bond acceptors (Lipinski definition) is 3. The third kappa shape index (κ3) is 2.49. The average molecular weight is 338 g/mol. The van der Waals surface area contributed by atoms with Gasteiger partial charge in [-0.25, -0.2) is 0 Å². The number of benzene rings is 2. The van der Waals surface area contributed by atoms with Crippen LogP contribution >= 0.6 is 11.8 Å². The van der Waals surface area contributed by atoms with Gasteiger partial charge < -0.3 is 10.2 Å². The van der Waals surface area contributed by atoms with E-state index in [9.17, 15) is 4.79 Å². The Kier molecular flexibility index (Phi) is 4.01. The van der Waals surface area contributed by atoms with Crippen molar-refractivity contribution in [2.24, 2.45) is 0 Å². The molecule has 4 heteroatoms. The highest BCUT2D eigenvalue weighted by molar-refractivity contribution is 7.98. The third-order valence-electron chi connectivity index (χ3n) is 5.46. The monoisotopic (exact) mass is 338 g/mol. The molecule has 1 amide bonds. The predicted molar refractivity (Wildman–Crippen MR) is 100.0 cm³/mol. The van der Waals surface area contributed by atoms with E-state index >= 15 is 0 Å². The molecule has 0 radical (unpaired) electrons. The Morgan fingerprint density at radius 1 is 1.08 bits per heavy atom. The fraction of sp³-hybridized carbons (Fsp3) is 0.350. The molecule has 2 aliphatic heterocycles. The topological polar surface area (TPSA) is 32.3 Å². The van der Waals surface area contributed by atoms with Crippen LogP contribution in [0.25, 0.3) is 0 Å². The van der Waals surface area contributed by atoms with Gasteiger partial charge in [0.05, 0.1) is 5.56 Å². The summed E-state index contributed by atoms with van der Waals surface area (Å²) in [6, 6.07) is 16.5. The highest BCUT2D eigenvalue weighted by Gasteiger charge is 2.42. The maximum Gasteiger partial charge on any atom is 0.254 e. The number of nitrogens with zero attached hydrogens (tertiary/aromatic N) is 1. The van der Waals surface area contributed by atoms with Crippen LogP contribution < -0.4 is 5.32 Å². The zero-order valence-corrected chi connectivity index (χ0v) is 14.7. The summed E-state index contributed by atoms with van der Waals surface area (Å²) in [5, 5.41) is 3.55. The summed E-state index contributed by atoms with van der Waals surface area (Å²) in [6.07, 6.45) is 4.09. The lowest BCUT2D eigenvalue weighted by Gasteiger charge is -2.39. The van der Waals surface area contributed by atoms with E-state index in [4.69, 9.17) is 0 Å². The van der Waals surface area contributed by atoms with Gasteiger partial charge in [0.15, 0.2) is 0 Å². The van der Waals surface area contributed by atoms with Crippen LogP contribution in [0.3, 0.4) is 0 Å². The Labute approximate surface area is 147 Å². The summed E-state index contributed by atoms with van der Waals surface area (Å²) in [5.74, 6) is 0.175. The van der Waals surface area contributed by atoms with Gasteiger partial charge in [-0.1, -0.05) is 30.3 Å². The Bertz CT molecular complexity index is 766. The van der Waals surface area contributed by atoms with Crippen molar-refractivity contribution in [2.45, 2.75) is 23.2 Å². The standard InChI is InChI=1S/C20H22N2OS/c1-24-18-9-5-2-6-15(18)19(23)22-12-10-20(11-13-22)14-21-17-8-4-3-7-16(17)20/h2-9,21H,10-14H2,1H3. The molecule has 1 saturated heterocycles. The quantitative estimate of drug-likeness (QED) is 0.840. The molecule has 2 aliphatic rings. The summed E-state index contributed by atoms with van der Waals surface area (Å²) in [5.41, 5.74) is 3.74. The summed E-state index contributed by atoms with van der Waals surface area (Å²) in [6.45, 7) is 2.66. The summed E-state index contributed by atoms with van der Waals surface area (Å²) < 4.78 is 0. The first-order chi connectivity index (χ1) is 11.7. The van der Waals surface area contributed by atoms with Gasteiger partial charge in [0.25, 0.3) is 5.91 Å². The lowest BCUT2D eigenvalue weighted by molar-refractivity contribution is 0.0673. The molecule has 2 aromatic carbocycles. The molecule has 24 heavy (non-hydrogen) atoms. The lowest BCUT2D eigenvalue weighted by Crippen LogP contribution is -2.46. The fourth-order valence-electron chi connectivity index (χ4n) is 4.03. The SMILES string of the molecule is CSc1ccccc1C(=O)N1CCC2(CC1)CNc1ccccc12. The van der Waals surface area contributed by atoms with E-state index in [1.54, 1.807) is 11.8 Å². The highest BCUT2D eigenvalue weighted by Crippen LogP contribution is 2.44. The number of likely N-dealkylation sites (tertiary alicyclic amines) is 1. The Hall–Kier alpha value is -1.94. The van der Waals surface area contributed by atoms with Crippen LogP contribution in [0.2, 0.25) is 0 Å². The van der Waals surface area contributed by atoms with Crippen LogP contribution in [0.15, 0.2) is 53.4 Å². The van der Waals surface area contributed by atoms with Gasteiger partial charge in [0.1, 0.15) is 0 Å². The van der Waals surface area contributed by atoms with Crippen molar-refractivity contribution < 1.29 is 4.79 Å². The van der Waals surface area contributed by atoms with Crippen molar-refractivity contribution in [3.8, 4) is 0 Å². The van der Waals surface area contributed by atoms with E-state index in [0.717, 1.165) is 42.9 Å². The summed E-state index contributed by atoms with van der Waals surface area (Å²) in [4.78, 5) is 16.0. The highest BCUT2D eigenvalue weighted by atomic mass is 32.2. The Balaban J connectivity index is 1.52. The van der Waals surface area contributed by atoms with Crippen LogP contribution in [0.5, 0.6) is 0 Å². The largest absolute Gasteiger partial charge is 0.384 e. The van der Waals surface area contributed by atoms with Crippen LogP contribution in [0.4, 0.5) is 5.69 Å². The number of para-hydroxylation sites is 1. The Morgan fingerprint density at radius 3 is 2.58 bits per heavy atom. The van der Waals surface area contributed by atoms with Gasteiger partial charge in [0.2, 0.25) is 0 Å². The van der Waals surface area contributed by atoms with E-state index in [1.807, 2.05) is 35.4 Å². The van der Waals surface area contributed by atoms with E-state index in [1.165, 1.54) is 11.3 Å². The smallest absolute Gasteiger partial charge is 0.254 e. The van der Waals surface area contributed by atoms with Crippen LogP contribution in [-0.2, 0) is 5.41 Å². The van der Waals surface area contributed by atoms with Gasteiger partial charge in [-0.15, -0.1) is 11.8 Å². The van der Waals surface area contributed by atoms with Crippen molar-refractivity contribution >= 4 is 23.4 Å². The minimum absolute atomic E-state index is 0.175. The van der Waals surface area contributed by atoms with E-state index in [2.05, 4.69) is 29.6 Å². The molecule has 0 atom stereocenters. The first kappa shape index (κ1) is 15.6. The second-order valence-electron chi connectivity index (χ2n) is 6.67. The number of anilines is 1. The first-order valence-corrected chi connectivity index (χ1v) is 9.72. The summed E-state index contributed by atoms with van der Waals surface area (Å²) >= 11 is 1.64. The van der Waals surface area contributed by atoms with Crippen molar-refractivity contribution in [1.82, 2.24) is 4.90 Å². The van der Waals surface area contributed by atoms with E-state index in [-0.39, 0.29) is 11.3 Å². The number of piperidine rings is 1. The molecular formula is C20H22N2OS. The number of carbonyl (C=O) groups excluding carboxylic acids is 1. The molecular weight excluding hydrogens is 316 g/mol. The normalized spacial score (nSPS) is 18.3. The molecule has 2 heterocycles. The van der Waals surface area contributed by atoms with Crippen LogP contribution in [-0.4, -0.2) is 36.7 Å². The lowest BCUT2D eigenvalue weighted by atomic mass is 9.74. The molecule has 0 unspecified atom stereocenters. The molecule has 3 nitrogen and oxygen atoms in total. The number of hydrogen-bond donors (Lipinski definition) is 1. The molecule has 1 N–H and O–H groups in total. The number of rotatable bonds is 2. The number of nitrogens with one attached hydrogen (secondary N) is 1. The Morgan fingerprint density at radius 2 is 1.79 bits per heavy atom. The van der Waals surface area contributed by atoms with Gasteiger partial charge in [0, 0.05) is 35.6 Å². The number of carbonyl (C=O) groups is 1. The van der Waals surface area contributed by atoms with E-state index < -0.39 is 0 Å². The predicted octanol–water partition coefficient (Wildman–Crippen LogP) is 4.01. The molecule has 0 aliphatic carbocycles. The minimum atomic E-state index is 0.175. The second kappa shape index (κ2) is 6.17. The minimum Gasteiger partial charge on any atom is -0.384 e. The molecule has 4 rings (SSSR count). The molecule has 0 bridgehead atoms. The molecule has 1 fully saturated rings. The molecule has 124 valence electrons. The number of amides is 1. The molecule has 1 spiro atoms. The van der Waals surface area contributed by atoms with Gasteiger partial charge in [-0.2, -0.15) is 0 Å². The van der Waals surface area contributed by atoms with Crippen molar-refractivity contribution in [3.05, 3.63) is 59.7 Å². The van der Waals surface area contributed by atoms with Gasteiger partial charge in [-0.3, -0.25) is 4.79 Å². The molecule has 0 aromatic heterocycles. The van der Waals surface area contributed by atoms with Crippen molar-refractivity contribution in [2.75, 3.05) is 31.2 Å². The van der Waals surface area contributed by atoms with Crippen LogP contribution in [0, 0.1) is 0 Å². The van der Waals surface area contributed by atoms with E-state index in [0.29, 0.717) is 0 Å². The molecule has 2 aromatic rings. The third-order valence-corrected chi connectivity index (χ3v) is 6.26. The first-order valence-electron chi connectivity index (χ1n) is 8.49. The van der Waals surface area contributed by atoms with Gasteiger partial charge >= 0.3 is 0 Å². The summed E-state index contributed by atoms with van der Waals surface area (Å²) in [7, 11) is 0. The van der Waals surface area contributed by atoms with Crippen molar-refractivity contribution in [1.29, 1.82) is 0 Å². The van der Waals surface area contributed by atoms with Crippen molar-refractivity contribution in [3.63, 3.8) is 0 Å². The van der Waals surface area contributed by atoms with Crippen LogP contribution in [0.1, 0.15) is 28.8 Å². The number of fused-ring (bicyclic) bond motifs is 2. The van der Waals surface area contributed by atoms with Gasteiger partial charge in [-0.05, 0) is 42.9 Å². The zero-order valence-electron chi connectivity index (χ0n) is 13.9. The second-order valence-corrected chi connectivity index (χ2v) is 7.52.